The molecule has 1 amide bonds. The molecule has 162 valence electrons. The highest BCUT2D eigenvalue weighted by Crippen LogP contribution is 2.41. The molecule has 0 saturated heterocycles. The van der Waals surface area contributed by atoms with Gasteiger partial charge in [0.2, 0.25) is 11.9 Å². The Morgan fingerprint density at radius 2 is 2.00 bits per heavy atom. The highest BCUT2D eigenvalue weighted by Gasteiger charge is 2.47. The Labute approximate surface area is 179 Å². The predicted molar refractivity (Wildman–Crippen MR) is 113 cm³/mol. The number of imidazole rings is 1. The van der Waals surface area contributed by atoms with Crippen LogP contribution in [0.15, 0.2) is 48.5 Å². The van der Waals surface area contributed by atoms with Crippen LogP contribution < -0.4 is 4.90 Å². The van der Waals surface area contributed by atoms with Gasteiger partial charge in [-0.3, -0.25) is 14.5 Å². The molecule has 2 heterocycles. The maximum Gasteiger partial charge on any atom is 0.321 e. The minimum Gasteiger partial charge on any atom is -0.465 e. The van der Waals surface area contributed by atoms with Crippen molar-refractivity contribution in [3.63, 3.8) is 0 Å². The summed E-state index contributed by atoms with van der Waals surface area (Å²) >= 11 is 0. The summed E-state index contributed by atoms with van der Waals surface area (Å²) in [6, 6.07) is 12.6. The van der Waals surface area contributed by atoms with Gasteiger partial charge in [-0.15, -0.1) is 0 Å². The van der Waals surface area contributed by atoms with Crippen LogP contribution in [-0.4, -0.2) is 48.3 Å². The third kappa shape index (κ3) is 3.79. The van der Waals surface area contributed by atoms with Gasteiger partial charge in [0.25, 0.3) is 0 Å². The lowest BCUT2D eigenvalue weighted by molar-refractivity contribution is -0.153. The first-order valence-corrected chi connectivity index (χ1v) is 10.3. The van der Waals surface area contributed by atoms with Crippen LogP contribution in [0.25, 0.3) is 11.0 Å². The average Bonchev–Trinajstić information content (AvgIpc) is 3.14. The van der Waals surface area contributed by atoms with E-state index in [0.29, 0.717) is 36.6 Å². The van der Waals surface area contributed by atoms with Crippen molar-refractivity contribution in [1.82, 2.24) is 9.55 Å². The Kier molecular flexibility index (Phi) is 5.99. The number of benzene rings is 2. The van der Waals surface area contributed by atoms with Gasteiger partial charge in [0.1, 0.15) is 5.82 Å². The van der Waals surface area contributed by atoms with E-state index >= 15 is 0 Å². The maximum absolute atomic E-state index is 14.1. The Morgan fingerprint density at radius 1 is 1.19 bits per heavy atom. The molecule has 1 aliphatic heterocycles. The molecule has 7 nitrogen and oxygen atoms in total. The van der Waals surface area contributed by atoms with E-state index in [1.165, 1.54) is 17.0 Å². The van der Waals surface area contributed by atoms with Crippen LogP contribution in [0, 0.1) is 11.7 Å². The lowest BCUT2D eigenvalue weighted by atomic mass is 9.89. The largest absolute Gasteiger partial charge is 0.465 e. The number of nitrogens with zero attached hydrogens (tertiary/aromatic N) is 3. The summed E-state index contributed by atoms with van der Waals surface area (Å²) < 4.78 is 26.4. The Balaban J connectivity index is 1.94. The summed E-state index contributed by atoms with van der Waals surface area (Å²) in [4.78, 5) is 32.8. The highest BCUT2D eigenvalue weighted by atomic mass is 19.1. The standard InChI is InChI=1S/C23H24FN3O4/c1-3-31-22(29)19-20(15-8-6-9-16(24)14-15)27-18-11-5-4-10-17(18)25-23(27)26(21(19)28)12-7-13-30-2/h4-6,8-11,14,19-20H,3,7,12-13H2,1-2H3/t19-,20+/m1/s1. The monoisotopic (exact) mass is 425 g/mol. The molecule has 0 spiro atoms. The molecule has 1 aromatic heterocycles. The average molecular weight is 425 g/mol. The van der Waals surface area contributed by atoms with E-state index in [0.717, 1.165) is 5.52 Å². The van der Waals surface area contributed by atoms with E-state index in [-0.39, 0.29) is 6.61 Å². The van der Waals surface area contributed by atoms with Crippen molar-refractivity contribution < 1.29 is 23.5 Å². The van der Waals surface area contributed by atoms with Crippen molar-refractivity contribution in [3.8, 4) is 0 Å². The van der Waals surface area contributed by atoms with Crippen LogP contribution in [0.1, 0.15) is 24.9 Å². The fraction of sp³-hybridized carbons (Fsp3) is 0.348. The van der Waals surface area contributed by atoms with Gasteiger partial charge in [0.05, 0.1) is 23.7 Å². The van der Waals surface area contributed by atoms with Crippen LogP contribution in [0.2, 0.25) is 0 Å². The normalized spacial score (nSPS) is 18.3. The van der Waals surface area contributed by atoms with Crippen molar-refractivity contribution in [2.24, 2.45) is 5.92 Å². The number of carbonyl (C=O) groups is 2. The summed E-state index contributed by atoms with van der Waals surface area (Å²) in [5.41, 5.74) is 1.95. The van der Waals surface area contributed by atoms with E-state index in [1.807, 2.05) is 28.8 Å². The molecule has 0 radical (unpaired) electrons. The third-order valence-electron chi connectivity index (χ3n) is 5.41. The molecule has 8 heteroatoms. The molecule has 2 aromatic carbocycles. The number of hydrogen-bond acceptors (Lipinski definition) is 5. The molecule has 0 saturated carbocycles. The van der Waals surface area contributed by atoms with E-state index < -0.39 is 29.7 Å². The number of fused-ring (bicyclic) bond motifs is 3. The number of aromatic nitrogens is 2. The second kappa shape index (κ2) is 8.85. The Morgan fingerprint density at radius 3 is 2.74 bits per heavy atom. The molecule has 3 aromatic rings. The third-order valence-corrected chi connectivity index (χ3v) is 5.41. The van der Waals surface area contributed by atoms with Gasteiger partial charge < -0.3 is 14.0 Å². The zero-order chi connectivity index (χ0) is 22.0. The van der Waals surface area contributed by atoms with Gasteiger partial charge in [-0.05, 0) is 43.2 Å². The molecule has 0 N–H and O–H groups in total. The first-order valence-electron chi connectivity index (χ1n) is 10.3. The van der Waals surface area contributed by atoms with Gasteiger partial charge in [0, 0.05) is 20.3 Å². The topological polar surface area (TPSA) is 73.7 Å². The van der Waals surface area contributed by atoms with Crippen LogP contribution in [-0.2, 0) is 19.1 Å². The lowest BCUT2D eigenvalue weighted by Crippen LogP contribution is -2.50. The fourth-order valence-corrected chi connectivity index (χ4v) is 4.12. The van der Waals surface area contributed by atoms with E-state index in [4.69, 9.17) is 9.47 Å². The Bertz CT molecular complexity index is 1110. The summed E-state index contributed by atoms with van der Waals surface area (Å²) in [5, 5.41) is 0. The number of methoxy groups -OCH3 is 1. The van der Waals surface area contributed by atoms with Crippen LogP contribution >= 0.6 is 0 Å². The Hall–Kier alpha value is -3.26. The van der Waals surface area contributed by atoms with Crippen molar-refractivity contribution in [2.75, 3.05) is 31.8 Å². The molecule has 0 fully saturated rings. The number of carbonyl (C=O) groups excluding carboxylic acids is 2. The van der Waals surface area contributed by atoms with Gasteiger partial charge in [-0.1, -0.05) is 24.3 Å². The van der Waals surface area contributed by atoms with Gasteiger partial charge in [-0.2, -0.15) is 0 Å². The number of anilines is 1. The number of esters is 1. The molecule has 1 aliphatic rings. The van der Waals surface area contributed by atoms with Crippen molar-refractivity contribution >= 4 is 28.9 Å². The van der Waals surface area contributed by atoms with Gasteiger partial charge in [0.15, 0.2) is 5.92 Å². The minimum absolute atomic E-state index is 0.139. The van der Waals surface area contributed by atoms with E-state index in [1.54, 1.807) is 26.2 Å². The molecular weight excluding hydrogens is 401 g/mol. The zero-order valence-corrected chi connectivity index (χ0v) is 17.5. The molecule has 4 rings (SSSR count). The molecule has 0 bridgehead atoms. The molecular formula is C23H24FN3O4. The molecule has 31 heavy (non-hydrogen) atoms. The summed E-state index contributed by atoms with van der Waals surface area (Å²) in [6.45, 7) is 2.62. The minimum atomic E-state index is -1.16. The van der Waals surface area contributed by atoms with Crippen LogP contribution in [0.3, 0.4) is 0 Å². The second-order valence-corrected chi connectivity index (χ2v) is 7.34. The first kappa shape index (κ1) is 21.0. The quantitative estimate of drug-likeness (QED) is 0.330. The SMILES string of the molecule is CCOC(=O)[C@H]1C(=O)N(CCCOC)c2nc3ccccc3n2[C@H]1c1cccc(F)c1. The smallest absolute Gasteiger partial charge is 0.321 e. The molecule has 0 aliphatic carbocycles. The van der Waals surface area contributed by atoms with Crippen molar-refractivity contribution in [1.29, 1.82) is 0 Å². The number of para-hydroxylation sites is 2. The van der Waals surface area contributed by atoms with Crippen LogP contribution in [0.4, 0.5) is 10.3 Å². The summed E-state index contributed by atoms with van der Waals surface area (Å²) in [6.07, 6.45) is 0.575. The second-order valence-electron chi connectivity index (χ2n) is 7.34. The molecule has 2 atom stereocenters. The zero-order valence-electron chi connectivity index (χ0n) is 17.5. The highest BCUT2D eigenvalue weighted by molar-refractivity contribution is 6.08. The van der Waals surface area contributed by atoms with Gasteiger partial charge >= 0.3 is 5.97 Å². The fourth-order valence-electron chi connectivity index (χ4n) is 4.12. The first-order chi connectivity index (χ1) is 15.1. The van der Waals surface area contributed by atoms with Crippen LogP contribution in [0.5, 0.6) is 0 Å². The summed E-state index contributed by atoms with van der Waals surface area (Å²) in [5.74, 6) is -2.22. The number of amides is 1. The number of hydrogen-bond donors (Lipinski definition) is 0. The van der Waals surface area contributed by atoms with Crippen molar-refractivity contribution in [3.05, 3.63) is 59.9 Å². The van der Waals surface area contributed by atoms with E-state index in [2.05, 4.69) is 4.98 Å². The maximum atomic E-state index is 14.1. The lowest BCUT2D eigenvalue weighted by Gasteiger charge is -2.38. The number of ether oxygens (including phenoxy) is 2. The summed E-state index contributed by atoms with van der Waals surface area (Å²) in [7, 11) is 1.59. The van der Waals surface area contributed by atoms with E-state index in [9.17, 15) is 14.0 Å². The number of rotatable bonds is 7. The number of halogens is 1. The van der Waals surface area contributed by atoms with Gasteiger partial charge in [-0.25, -0.2) is 9.37 Å². The van der Waals surface area contributed by atoms with Crippen molar-refractivity contribution in [2.45, 2.75) is 19.4 Å². The predicted octanol–water partition coefficient (Wildman–Crippen LogP) is 3.33. The molecule has 0 unspecified atom stereocenters.